The Morgan fingerprint density at radius 3 is 2.32 bits per heavy atom. The molecule has 3 aliphatic rings. The highest BCUT2D eigenvalue weighted by molar-refractivity contribution is 5.85. The van der Waals surface area contributed by atoms with E-state index < -0.39 is 0 Å². The number of carbonyl (C=O) groups is 1. The first-order valence-corrected chi connectivity index (χ1v) is 9.99. The molecule has 2 N–H and O–H groups in total. The summed E-state index contributed by atoms with van der Waals surface area (Å²) in [7, 11) is 0. The van der Waals surface area contributed by atoms with Gasteiger partial charge >= 0.3 is 0 Å². The van der Waals surface area contributed by atoms with Gasteiger partial charge in [0.05, 0.1) is 0 Å². The molecule has 0 aromatic carbocycles. The number of amides is 1. The predicted molar refractivity (Wildman–Crippen MR) is 109 cm³/mol. The average molecular weight is 394 g/mol. The van der Waals surface area contributed by atoms with Gasteiger partial charge in [-0.2, -0.15) is 0 Å². The normalized spacial score (nSPS) is 29.2. The highest BCUT2D eigenvalue weighted by Gasteiger charge is 2.30. The maximum Gasteiger partial charge on any atom is 0.225 e. The Balaban J connectivity index is 0.00000156. The summed E-state index contributed by atoms with van der Waals surface area (Å²) in [5.74, 6) is 1.49. The second kappa shape index (κ2) is 11.6. The van der Waals surface area contributed by atoms with Crippen LogP contribution in [0.1, 0.15) is 64.2 Å². The van der Waals surface area contributed by atoms with E-state index in [0.29, 0.717) is 5.91 Å². The number of hydrogen-bond acceptors (Lipinski definition) is 3. The van der Waals surface area contributed by atoms with Crippen molar-refractivity contribution in [2.75, 3.05) is 32.7 Å². The zero-order chi connectivity index (χ0) is 16.1. The number of carbonyl (C=O) groups excluding carboxylic acids is 1. The average Bonchev–Trinajstić information content (AvgIpc) is 2.81. The lowest BCUT2D eigenvalue weighted by molar-refractivity contribution is -0.136. The van der Waals surface area contributed by atoms with Crippen LogP contribution in [0.5, 0.6) is 0 Å². The van der Waals surface area contributed by atoms with Gasteiger partial charge in [-0.05, 0) is 51.0 Å². The fourth-order valence-corrected chi connectivity index (χ4v) is 4.82. The van der Waals surface area contributed by atoms with Gasteiger partial charge in [-0.1, -0.05) is 25.7 Å². The smallest absolute Gasteiger partial charge is 0.225 e. The molecule has 3 fully saturated rings. The molecule has 0 radical (unpaired) electrons. The van der Waals surface area contributed by atoms with E-state index in [2.05, 4.69) is 9.80 Å². The van der Waals surface area contributed by atoms with Crippen LogP contribution in [-0.4, -0.2) is 54.5 Å². The van der Waals surface area contributed by atoms with Gasteiger partial charge in [0.1, 0.15) is 0 Å². The van der Waals surface area contributed by atoms with E-state index in [9.17, 15) is 4.79 Å². The first kappa shape index (κ1) is 23.0. The van der Waals surface area contributed by atoms with Crippen molar-refractivity contribution in [1.82, 2.24) is 9.80 Å². The zero-order valence-electron chi connectivity index (χ0n) is 15.5. The lowest BCUT2D eigenvalue weighted by Crippen LogP contribution is -2.42. The van der Waals surface area contributed by atoms with Gasteiger partial charge in [0.25, 0.3) is 0 Å². The summed E-state index contributed by atoms with van der Waals surface area (Å²) in [5, 5.41) is 0. The number of rotatable bonds is 3. The molecule has 0 aromatic heterocycles. The van der Waals surface area contributed by atoms with Gasteiger partial charge in [-0.3, -0.25) is 4.79 Å². The van der Waals surface area contributed by atoms with Crippen molar-refractivity contribution < 1.29 is 4.79 Å². The second-order valence-corrected chi connectivity index (χ2v) is 8.11. The molecule has 0 bridgehead atoms. The molecule has 2 unspecified atom stereocenters. The van der Waals surface area contributed by atoms with E-state index in [-0.39, 0.29) is 36.8 Å². The van der Waals surface area contributed by atoms with Crippen LogP contribution >= 0.6 is 24.8 Å². The number of nitrogens with two attached hydrogens (primary N) is 1. The highest BCUT2D eigenvalue weighted by Crippen LogP contribution is 2.27. The Hall–Kier alpha value is -0.0300. The maximum atomic E-state index is 12.8. The molecule has 148 valence electrons. The molecule has 2 aliphatic carbocycles. The largest absolute Gasteiger partial charge is 0.341 e. The molecule has 4 nitrogen and oxygen atoms in total. The number of nitrogens with zero attached hydrogens (tertiary/aromatic N) is 2. The van der Waals surface area contributed by atoms with Crippen molar-refractivity contribution >= 4 is 30.7 Å². The van der Waals surface area contributed by atoms with Crippen LogP contribution in [0.3, 0.4) is 0 Å². The molecule has 1 amide bonds. The molecule has 25 heavy (non-hydrogen) atoms. The molecule has 0 spiro atoms. The van der Waals surface area contributed by atoms with Gasteiger partial charge in [0, 0.05) is 38.1 Å². The van der Waals surface area contributed by atoms with Gasteiger partial charge in [-0.15, -0.1) is 24.8 Å². The lowest BCUT2D eigenvalue weighted by Gasteiger charge is -2.31. The van der Waals surface area contributed by atoms with Crippen molar-refractivity contribution in [2.45, 2.75) is 70.3 Å². The van der Waals surface area contributed by atoms with Crippen molar-refractivity contribution in [3.63, 3.8) is 0 Å². The molecule has 6 heteroatoms. The van der Waals surface area contributed by atoms with E-state index in [1.807, 2.05) is 0 Å². The number of halogens is 2. The van der Waals surface area contributed by atoms with Gasteiger partial charge in [0.2, 0.25) is 5.91 Å². The van der Waals surface area contributed by atoms with E-state index >= 15 is 0 Å². The van der Waals surface area contributed by atoms with E-state index in [4.69, 9.17) is 5.73 Å². The van der Waals surface area contributed by atoms with E-state index in [1.54, 1.807) is 0 Å². The van der Waals surface area contributed by atoms with Gasteiger partial charge < -0.3 is 15.5 Å². The Morgan fingerprint density at radius 1 is 0.840 bits per heavy atom. The Morgan fingerprint density at radius 2 is 1.60 bits per heavy atom. The van der Waals surface area contributed by atoms with Crippen LogP contribution < -0.4 is 5.73 Å². The molecule has 3 rings (SSSR count). The molecule has 2 atom stereocenters. The SMILES string of the molecule is Cl.Cl.NC1CCCC(C(=O)N2CCCN(CC3CCCCC3)CC2)C1. The molecule has 0 aromatic rings. The second-order valence-electron chi connectivity index (χ2n) is 8.11. The minimum absolute atomic E-state index is 0. The summed E-state index contributed by atoms with van der Waals surface area (Å²) in [6.45, 7) is 5.38. The van der Waals surface area contributed by atoms with Crippen LogP contribution in [0.2, 0.25) is 0 Å². The molecule has 1 aliphatic heterocycles. The Kier molecular flexibility index (Phi) is 10.7. The van der Waals surface area contributed by atoms with Crippen molar-refractivity contribution in [3.05, 3.63) is 0 Å². The molecule has 2 saturated carbocycles. The zero-order valence-corrected chi connectivity index (χ0v) is 17.2. The first-order valence-electron chi connectivity index (χ1n) is 9.99. The third-order valence-electron chi connectivity index (χ3n) is 6.21. The summed E-state index contributed by atoms with van der Waals surface area (Å²) in [6, 6.07) is 0.243. The maximum absolute atomic E-state index is 12.8. The monoisotopic (exact) mass is 393 g/mol. The molecule has 1 heterocycles. The van der Waals surface area contributed by atoms with Crippen molar-refractivity contribution in [2.24, 2.45) is 17.6 Å². The summed E-state index contributed by atoms with van der Waals surface area (Å²) < 4.78 is 0. The van der Waals surface area contributed by atoms with Crippen LogP contribution in [0, 0.1) is 11.8 Å². The summed E-state index contributed by atoms with van der Waals surface area (Å²) >= 11 is 0. The standard InChI is InChI=1S/C19H35N3O.2ClH/c20-18-9-4-8-17(14-18)19(23)22-11-5-10-21(12-13-22)15-16-6-2-1-3-7-16;;/h16-18H,1-15,20H2;2*1H. The topological polar surface area (TPSA) is 49.6 Å². The van der Waals surface area contributed by atoms with Crippen molar-refractivity contribution in [3.8, 4) is 0 Å². The highest BCUT2D eigenvalue weighted by atomic mass is 35.5. The molecular weight excluding hydrogens is 357 g/mol. The van der Waals surface area contributed by atoms with E-state index in [1.165, 1.54) is 45.2 Å². The van der Waals surface area contributed by atoms with Gasteiger partial charge in [-0.25, -0.2) is 0 Å². The summed E-state index contributed by atoms with van der Waals surface area (Å²) in [4.78, 5) is 17.6. The first-order chi connectivity index (χ1) is 11.2. The minimum Gasteiger partial charge on any atom is -0.341 e. The molecular formula is C19H37Cl2N3O. The van der Waals surface area contributed by atoms with Crippen LogP contribution in [-0.2, 0) is 4.79 Å². The lowest BCUT2D eigenvalue weighted by atomic mass is 9.85. The third kappa shape index (κ3) is 6.89. The van der Waals surface area contributed by atoms with Crippen LogP contribution in [0.25, 0.3) is 0 Å². The predicted octanol–water partition coefficient (Wildman–Crippen LogP) is 3.46. The Bertz CT molecular complexity index is 391. The molecule has 1 saturated heterocycles. The summed E-state index contributed by atoms with van der Waals surface area (Å²) in [5.41, 5.74) is 6.07. The number of hydrogen-bond donors (Lipinski definition) is 1. The van der Waals surface area contributed by atoms with Crippen molar-refractivity contribution in [1.29, 1.82) is 0 Å². The van der Waals surface area contributed by atoms with Crippen LogP contribution in [0.4, 0.5) is 0 Å². The third-order valence-corrected chi connectivity index (χ3v) is 6.21. The van der Waals surface area contributed by atoms with Crippen LogP contribution in [0.15, 0.2) is 0 Å². The fourth-order valence-electron chi connectivity index (χ4n) is 4.82. The Labute approximate surface area is 166 Å². The quantitative estimate of drug-likeness (QED) is 0.798. The van der Waals surface area contributed by atoms with E-state index in [0.717, 1.165) is 57.7 Å². The fraction of sp³-hybridized carbons (Fsp3) is 0.947. The van der Waals surface area contributed by atoms with Gasteiger partial charge in [0.15, 0.2) is 0 Å². The minimum atomic E-state index is 0. The summed E-state index contributed by atoms with van der Waals surface area (Å²) in [6.07, 6.45) is 12.4.